The summed E-state index contributed by atoms with van der Waals surface area (Å²) in [6.07, 6.45) is 3.53. The highest BCUT2D eigenvalue weighted by Crippen LogP contribution is 2.15. The molecular formula is C16H25BrNO3+. The molecule has 0 radical (unpaired) electrons. The Morgan fingerprint density at radius 2 is 1.81 bits per heavy atom. The molecule has 118 valence electrons. The van der Waals surface area contributed by atoms with Gasteiger partial charge in [0.25, 0.3) is 0 Å². The molecule has 0 amide bonds. The van der Waals surface area contributed by atoms with Crippen LogP contribution in [0.3, 0.4) is 0 Å². The van der Waals surface area contributed by atoms with Crippen LogP contribution in [0.4, 0.5) is 0 Å². The fraction of sp³-hybridized carbons (Fsp3) is 0.625. The molecule has 1 aliphatic rings. The summed E-state index contributed by atoms with van der Waals surface area (Å²) in [5.41, 5.74) is 0. The van der Waals surface area contributed by atoms with E-state index in [9.17, 15) is 5.11 Å². The van der Waals surface area contributed by atoms with Gasteiger partial charge in [0.05, 0.1) is 26.3 Å². The molecule has 2 rings (SSSR count). The third-order valence-corrected chi connectivity index (χ3v) is 4.23. The number of nitrogens with one attached hydrogen (secondary N) is 1. The molecule has 2 N–H and O–H groups in total. The predicted molar refractivity (Wildman–Crippen MR) is 85.9 cm³/mol. The number of benzene rings is 1. The van der Waals surface area contributed by atoms with Crippen molar-refractivity contribution in [3.63, 3.8) is 0 Å². The number of rotatable bonds is 8. The number of quaternary nitrogens is 1. The molecule has 0 aromatic heterocycles. The van der Waals surface area contributed by atoms with Crippen molar-refractivity contribution in [3.05, 3.63) is 28.7 Å². The Morgan fingerprint density at radius 1 is 1.10 bits per heavy atom. The van der Waals surface area contributed by atoms with Gasteiger partial charge in [0, 0.05) is 4.47 Å². The van der Waals surface area contributed by atoms with E-state index in [0.29, 0.717) is 19.8 Å². The van der Waals surface area contributed by atoms with Crippen LogP contribution in [0.5, 0.6) is 5.75 Å². The largest absolute Gasteiger partial charge is 0.491 e. The lowest BCUT2D eigenvalue weighted by atomic mass is 10.1. The SMILES string of the molecule is O[C@@H](COCCOc1ccc(Br)cc1)C[NH+]1CCCCC1. The van der Waals surface area contributed by atoms with Crippen LogP contribution in [0, 0.1) is 0 Å². The van der Waals surface area contributed by atoms with Crippen molar-refractivity contribution >= 4 is 15.9 Å². The molecule has 5 heteroatoms. The van der Waals surface area contributed by atoms with E-state index >= 15 is 0 Å². The van der Waals surface area contributed by atoms with Gasteiger partial charge in [-0.2, -0.15) is 0 Å². The fourth-order valence-electron chi connectivity index (χ4n) is 2.62. The topological polar surface area (TPSA) is 43.1 Å². The van der Waals surface area contributed by atoms with Crippen LogP contribution in [0.1, 0.15) is 19.3 Å². The molecule has 4 nitrogen and oxygen atoms in total. The molecule has 1 heterocycles. The van der Waals surface area contributed by atoms with E-state index in [1.807, 2.05) is 24.3 Å². The normalized spacial score (nSPS) is 17.6. The lowest BCUT2D eigenvalue weighted by Crippen LogP contribution is -3.14. The summed E-state index contributed by atoms with van der Waals surface area (Å²) in [5, 5.41) is 9.96. The van der Waals surface area contributed by atoms with E-state index in [0.717, 1.165) is 16.8 Å². The maximum absolute atomic E-state index is 9.96. The summed E-state index contributed by atoms with van der Waals surface area (Å²) in [7, 11) is 0. The van der Waals surface area contributed by atoms with Crippen LogP contribution >= 0.6 is 15.9 Å². The monoisotopic (exact) mass is 358 g/mol. The first kappa shape index (κ1) is 16.7. The Morgan fingerprint density at radius 3 is 2.52 bits per heavy atom. The average Bonchev–Trinajstić information content (AvgIpc) is 2.50. The summed E-state index contributed by atoms with van der Waals surface area (Å²) in [4.78, 5) is 1.50. The van der Waals surface area contributed by atoms with Gasteiger partial charge in [0.2, 0.25) is 0 Å². The van der Waals surface area contributed by atoms with Gasteiger partial charge in [-0.3, -0.25) is 0 Å². The summed E-state index contributed by atoms with van der Waals surface area (Å²) < 4.78 is 12.1. The molecule has 0 unspecified atom stereocenters. The minimum Gasteiger partial charge on any atom is -0.491 e. The quantitative estimate of drug-likeness (QED) is 0.688. The van der Waals surface area contributed by atoms with Gasteiger partial charge in [-0.25, -0.2) is 0 Å². The second-order valence-corrected chi connectivity index (χ2v) is 6.46. The highest BCUT2D eigenvalue weighted by molar-refractivity contribution is 9.10. The van der Waals surface area contributed by atoms with Crippen LogP contribution in [0.25, 0.3) is 0 Å². The second kappa shape index (κ2) is 9.41. The number of likely N-dealkylation sites (tertiary alicyclic amines) is 1. The lowest BCUT2D eigenvalue weighted by Gasteiger charge is -2.25. The predicted octanol–water partition coefficient (Wildman–Crippen LogP) is 1.27. The average molecular weight is 359 g/mol. The number of aliphatic hydroxyl groups excluding tert-OH is 1. The molecule has 1 aromatic rings. The van der Waals surface area contributed by atoms with Crippen molar-refractivity contribution in [2.75, 3.05) is 39.5 Å². The van der Waals surface area contributed by atoms with Gasteiger partial charge in [-0.15, -0.1) is 0 Å². The molecule has 0 aliphatic carbocycles. The Kier molecular flexibility index (Phi) is 7.50. The minimum atomic E-state index is -0.370. The number of aliphatic hydroxyl groups is 1. The van der Waals surface area contributed by atoms with Gasteiger partial charge < -0.3 is 19.5 Å². The fourth-order valence-corrected chi connectivity index (χ4v) is 2.88. The smallest absolute Gasteiger partial charge is 0.126 e. The second-order valence-electron chi connectivity index (χ2n) is 5.55. The molecule has 1 aromatic carbocycles. The van der Waals surface area contributed by atoms with Crippen molar-refractivity contribution in [2.45, 2.75) is 25.4 Å². The summed E-state index contributed by atoms with van der Waals surface area (Å²) in [6, 6.07) is 7.72. The maximum Gasteiger partial charge on any atom is 0.126 e. The van der Waals surface area contributed by atoms with E-state index in [4.69, 9.17) is 9.47 Å². The zero-order valence-corrected chi connectivity index (χ0v) is 14.0. The van der Waals surface area contributed by atoms with E-state index in [2.05, 4.69) is 15.9 Å². The van der Waals surface area contributed by atoms with Crippen molar-refractivity contribution in [3.8, 4) is 5.75 Å². The van der Waals surface area contributed by atoms with Crippen molar-refractivity contribution in [1.29, 1.82) is 0 Å². The first-order valence-electron chi connectivity index (χ1n) is 7.72. The number of piperidine rings is 1. The standard InChI is InChI=1S/C16H24BrNO3/c17-14-4-6-16(7-5-14)21-11-10-20-13-15(19)12-18-8-2-1-3-9-18/h4-7,15,19H,1-3,8-13H2/p+1/t15-/m1/s1. The van der Waals surface area contributed by atoms with Crippen molar-refractivity contribution in [2.24, 2.45) is 0 Å². The number of hydrogen-bond acceptors (Lipinski definition) is 3. The van der Waals surface area contributed by atoms with E-state index in [1.54, 1.807) is 0 Å². The molecule has 0 spiro atoms. The van der Waals surface area contributed by atoms with Crippen LogP contribution in [-0.4, -0.2) is 50.7 Å². The van der Waals surface area contributed by atoms with E-state index in [1.165, 1.54) is 37.3 Å². The Balaban J connectivity index is 1.51. The lowest BCUT2D eigenvalue weighted by molar-refractivity contribution is -0.908. The Labute approximate surface area is 135 Å². The Hall–Kier alpha value is -0.620. The van der Waals surface area contributed by atoms with Crippen LogP contribution < -0.4 is 9.64 Å². The molecule has 21 heavy (non-hydrogen) atoms. The zero-order chi connectivity index (χ0) is 14.9. The van der Waals surface area contributed by atoms with Gasteiger partial charge in [-0.1, -0.05) is 15.9 Å². The molecule has 1 fully saturated rings. The molecule has 0 saturated carbocycles. The summed E-state index contributed by atoms with van der Waals surface area (Å²) in [6.45, 7) is 4.57. The molecular weight excluding hydrogens is 334 g/mol. The van der Waals surface area contributed by atoms with Crippen LogP contribution in [0.2, 0.25) is 0 Å². The summed E-state index contributed by atoms with van der Waals surface area (Å²) >= 11 is 3.39. The zero-order valence-electron chi connectivity index (χ0n) is 12.4. The first-order valence-corrected chi connectivity index (χ1v) is 8.51. The maximum atomic E-state index is 9.96. The van der Waals surface area contributed by atoms with Crippen molar-refractivity contribution in [1.82, 2.24) is 0 Å². The van der Waals surface area contributed by atoms with Gasteiger partial charge >= 0.3 is 0 Å². The number of ether oxygens (including phenoxy) is 2. The van der Waals surface area contributed by atoms with Gasteiger partial charge in [0.15, 0.2) is 0 Å². The van der Waals surface area contributed by atoms with Crippen LogP contribution in [0.15, 0.2) is 28.7 Å². The first-order chi connectivity index (χ1) is 10.2. The number of halogens is 1. The van der Waals surface area contributed by atoms with Crippen LogP contribution in [-0.2, 0) is 4.74 Å². The molecule has 1 saturated heterocycles. The molecule has 1 aliphatic heterocycles. The number of hydrogen-bond donors (Lipinski definition) is 2. The third-order valence-electron chi connectivity index (χ3n) is 3.71. The molecule has 1 atom stereocenters. The molecule has 0 bridgehead atoms. The van der Waals surface area contributed by atoms with E-state index in [-0.39, 0.29) is 6.10 Å². The van der Waals surface area contributed by atoms with Gasteiger partial charge in [0.1, 0.15) is 25.0 Å². The van der Waals surface area contributed by atoms with Crippen molar-refractivity contribution < 1.29 is 19.5 Å². The van der Waals surface area contributed by atoms with Gasteiger partial charge in [-0.05, 0) is 43.5 Å². The Bertz CT molecular complexity index is 393. The highest BCUT2D eigenvalue weighted by atomic mass is 79.9. The summed E-state index contributed by atoms with van der Waals surface area (Å²) in [5.74, 6) is 0.833. The van der Waals surface area contributed by atoms with E-state index < -0.39 is 0 Å². The highest BCUT2D eigenvalue weighted by Gasteiger charge is 2.17. The minimum absolute atomic E-state index is 0.370. The third kappa shape index (κ3) is 6.78.